The second kappa shape index (κ2) is 12.6. The average molecular weight is 524 g/mol. The predicted octanol–water partition coefficient (Wildman–Crippen LogP) is 3.82. The van der Waals surface area contributed by atoms with Crippen LogP contribution in [-0.2, 0) is 6.54 Å². The number of guanidine groups is 1. The summed E-state index contributed by atoms with van der Waals surface area (Å²) >= 11 is 0. The van der Waals surface area contributed by atoms with E-state index in [1.54, 1.807) is 21.3 Å². The molecule has 0 bridgehead atoms. The van der Waals surface area contributed by atoms with Gasteiger partial charge >= 0.3 is 0 Å². The molecule has 164 valence electrons. The number of aliphatic imine (C=N–C) groups is 1. The van der Waals surface area contributed by atoms with Gasteiger partial charge in [0.2, 0.25) is 0 Å². The van der Waals surface area contributed by atoms with E-state index in [1.807, 2.05) is 24.3 Å². The van der Waals surface area contributed by atoms with E-state index in [1.165, 1.54) is 18.4 Å². The molecule has 1 fully saturated rings. The third-order valence-corrected chi connectivity index (χ3v) is 5.34. The third kappa shape index (κ3) is 6.77. The Kier molecular flexibility index (Phi) is 10.2. The van der Waals surface area contributed by atoms with Crippen molar-refractivity contribution in [3.8, 4) is 11.5 Å². The SMILES string of the molecule is CN=C(NCc1cccc(OC)c1)NCC(c1cccc(OC)c1)N1CCCC1.I. The number of rotatable bonds is 8. The lowest BCUT2D eigenvalue weighted by atomic mass is 10.1. The van der Waals surface area contributed by atoms with Gasteiger partial charge in [0.15, 0.2) is 5.96 Å². The van der Waals surface area contributed by atoms with Crippen LogP contribution in [0.4, 0.5) is 0 Å². The van der Waals surface area contributed by atoms with Crippen molar-refractivity contribution in [3.05, 3.63) is 59.7 Å². The smallest absolute Gasteiger partial charge is 0.191 e. The lowest BCUT2D eigenvalue weighted by Gasteiger charge is -2.29. The molecule has 1 saturated heterocycles. The fraction of sp³-hybridized carbons (Fsp3) is 0.435. The number of nitrogens with zero attached hydrogens (tertiary/aromatic N) is 2. The maximum atomic E-state index is 5.44. The van der Waals surface area contributed by atoms with Crippen LogP contribution in [0.1, 0.15) is 30.0 Å². The first-order valence-corrected chi connectivity index (χ1v) is 10.2. The summed E-state index contributed by atoms with van der Waals surface area (Å²) in [6, 6.07) is 16.7. The molecule has 0 aromatic heterocycles. The molecule has 0 radical (unpaired) electrons. The summed E-state index contributed by atoms with van der Waals surface area (Å²) in [5.74, 6) is 2.55. The summed E-state index contributed by atoms with van der Waals surface area (Å²) in [5.41, 5.74) is 2.41. The van der Waals surface area contributed by atoms with Gasteiger partial charge in [-0.05, 0) is 61.3 Å². The van der Waals surface area contributed by atoms with Crippen LogP contribution in [0.5, 0.6) is 11.5 Å². The zero-order chi connectivity index (χ0) is 20.5. The molecule has 1 aliphatic rings. The maximum Gasteiger partial charge on any atom is 0.191 e. The van der Waals surface area contributed by atoms with Gasteiger partial charge in [-0.1, -0.05) is 24.3 Å². The fourth-order valence-corrected chi connectivity index (χ4v) is 3.74. The van der Waals surface area contributed by atoms with E-state index in [-0.39, 0.29) is 30.0 Å². The minimum Gasteiger partial charge on any atom is -0.497 e. The van der Waals surface area contributed by atoms with E-state index in [4.69, 9.17) is 9.47 Å². The van der Waals surface area contributed by atoms with Crippen molar-refractivity contribution in [2.45, 2.75) is 25.4 Å². The van der Waals surface area contributed by atoms with Crippen LogP contribution in [0.3, 0.4) is 0 Å². The van der Waals surface area contributed by atoms with Crippen LogP contribution in [0, 0.1) is 0 Å². The summed E-state index contributed by atoms with van der Waals surface area (Å²) in [5, 5.41) is 6.90. The molecule has 1 heterocycles. The lowest BCUT2D eigenvalue weighted by molar-refractivity contribution is 0.245. The summed E-state index contributed by atoms with van der Waals surface area (Å²) < 4.78 is 10.7. The van der Waals surface area contributed by atoms with E-state index in [0.29, 0.717) is 6.54 Å². The van der Waals surface area contributed by atoms with Gasteiger partial charge in [0.25, 0.3) is 0 Å². The molecule has 1 atom stereocenters. The Morgan fingerprint density at radius 2 is 1.67 bits per heavy atom. The first-order chi connectivity index (χ1) is 14.2. The molecule has 0 amide bonds. The minimum atomic E-state index is 0. The van der Waals surface area contributed by atoms with Crippen LogP contribution < -0.4 is 20.1 Å². The van der Waals surface area contributed by atoms with Crippen LogP contribution in [0.15, 0.2) is 53.5 Å². The number of hydrogen-bond donors (Lipinski definition) is 2. The highest BCUT2D eigenvalue weighted by atomic mass is 127. The Balaban J connectivity index is 0.00000320. The molecule has 2 aromatic rings. The zero-order valence-electron chi connectivity index (χ0n) is 18.1. The molecule has 6 nitrogen and oxygen atoms in total. The van der Waals surface area contributed by atoms with Crippen molar-refractivity contribution in [3.63, 3.8) is 0 Å². The van der Waals surface area contributed by atoms with Crippen molar-refractivity contribution in [2.24, 2.45) is 4.99 Å². The Morgan fingerprint density at radius 3 is 2.33 bits per heavy atom. The van der Waals surface area contributed by atoms with Crippen molar-refractivity contribution >= 4 is 29.9 Å². The number of methoxy groups -OCH3 is 2. The van der Waals surface area contributed by atoms with Gasteiger partial charge in [-0.15, -0.1) is 24.0 Å². The van der Waals surface area contributed by atoms with Gasteiger partial charge in [-0.3, -0.25) is 9.89 Å². The topological polar surface area (TPSA) is 58.1 Å². The van der Waals surface area contributed by atoms with E-state index >= 15 is 0 Å². The lowest BCUT2D eigenvalue weighted by Crippen LogP contribution is -2.42. The largest absolute Gasteiger partial charge is 0.497 e. The predicted molar refractivity (Wildman–Crippen MR) is 133 cm³/mol. The second-order valence-corrected chi connectivity index (χ2v) is 7.19. The summed E-state index contributed by atoms with van der Waals surface area (Å²) in [7, 11) is 5.20. The summed E-state index contributed by atoms with van der Waals surface area (Å²) in [6.45, 7) is 3.72. The zero-order valence-corrected chi connectivity index (χ0v) is 20.4. The van der Waals surface area contributed by atoms with Crippen LogP contribution >= 0.6 is 24.0 Å². The molecule has 7 heteroatoms. The highest BCUT2D eigenvalue weighted by molar-refractivity contribution is 14.0. The minimum absolute atomic E-state index is 0. The molecule has 0 saturated carbocycles. The first-order valence-electron chi connectivity index (χ1n) is 10.2. The molecular weight excluding hydrogens is 491 g/mol. The van der Waals surface area contributed by atoms with Crippen molar-refractivity contribution in [2.75, 3.05) is 40.9 Å². The van der Waals surface area contributed by atoms with Gasteiger partial charge in [-0.25, -0.2) is 0 Å². The monoisotopic (exact) mass is 524 g/mol. The van der Waals surface area contributed by atoms with Crippen molar-refractivity contribution in [1.29, 1.82) is 0 Å². The summed E-state index contributed by atoms with van der Waals surface area (Å²) in [4.78, 5) is 6.93. The van der Waals surface area contributed by atoms with Gasteiger partial charge in [-0.2, -0.15) is 0 Å². The van der Waals surface area contributed by atoms with Crippen molar-refractivity contribution in [1.82, 2.24) is 15.5 Å². The second-order valence-electron chi connectivity index (χ2n) is 7.19. The van der Waals surface area contributed by atoms with Crippen LogP contribution in [0.2, 0.25) is 0 Å². The Hall–Kier alpha value is -2.00. The van der Waals surface area contributed by atoms with Gasteiger partial charge < -0.3 is 20.1 Å². The number of nitrogens with one attached hydrogen (secondary N) is 2. The van der Waals surface area contributed by atoms with Crippen molar-refractivity contribution < 1.29 is 9.47 Å². The normalized spacial score (nSPS) is 15.2. The quantitative estimate of drug-likeness (QED) is 0.313. The molecule has 1 unspecified atom stereocenters. The summed E-state index contributed by atoms with van der Waals surface area (Å²) in [6.07, 6.45) is 2.51. The van der Waals surface area contributed by atoms with Gasteiger partial charge in [0.1, 0.15) is 11.5 Å². The fourth-order valence-electron chi connectivity index (χ4n) is 3.74. The molecule has 2 N–H and O–H groups in total. The molecule has 30 heavy (non-hydrogen) atoms. The molecule has 0 spiro atoms. The number of likely N-dealkylation sites (tertiary alicyclic amines) is 1. The van der Waals surface area contributed by atoms with E-state index in [2.05, 4.69) is 44.8 Å². The first kappa shape index (κ1) is 24.3. The molecular formula is C23H33IN4O2. The Bertz CT molecular complexity index is 809. The Labute approximate surface area is 197 Å². The molecule has 1 aliphatic heterocycles. The number of halogens is 1. The van der Waals surface area contributed by atoms with Gasteiger partial charge in [0, 0.05) is 20.1 Å². The van der Waals surface area contributed by atoms with Crippen LogP contribution in [0.25, 0.3) is 0 Å². The number of ether oxygens (including phenoxy) is 2. The number of hydrogen-bond acceptors (Lipinski definition) is 4. The third-order valence-electron chi connectivity index (χ3n) is 5.34. The molecule has 2 aromatic carbocycles. The maximum absolute atomic E-state index is 5.44. The molecule has 3 rings (SSSR count). The molecule has 0 aliphatic carbocycles. The van der Waals surface area contributed by atoms with E-state index in [9.17, 15) is 0 Å². The van der Waals surface area contributed by atoms with E-state index in [0.717, 1.165) is 42.7 Å². The average Bonchev–Trinajstić information content (AvgIpc) is 3.31. The highest BCUT2D eigenvalue weighted by Gasteiger charge is 2.24. The Morgan fingerprint density at radius 1 is 1.00 bits per heavy atom. The highest BCUT2D eigenvalue weighted by Crippen LogP contribution is 2.27. The standard InChI is InChI=1S/C23H32N4O2.HI/c1-24-23(25-16-18-8-6-10-20(14-18)28-2)26-17-22(27-12-4-5-13-27)19-9-7-11-21(15-19)29-3;/h6-11,14-15,22H,4-5,12-13,16-17H2,1-3H3,(H2,24,25,26);1H. The van der Waals surface area contributed by atoms with E-state index < -0.39 is 0 Å². The van der Waals surface area contributed by atoms with Gasteiger partial charge in [0.05, 0.1) is 20.3 Å². The number of benzene rings is 2. The van der Waals surface area contributed by atoms with Crippen LogP contribution in [-0.4, -0.2) is 51.8 Å².